The first kappa shape index (κ1) is 106. The lowest BCUT2D eigenvalue weighted by Crippen LogP contribution is -2.55. The van der Waals surface area contributed by atoms with Crippen molar-refractivity contribution < 1.29 is 146 Å². The van der Waals surface area contributed by atoms with Gasteiger partial charge in [-0.3, -0.25) is 42.9 Å². The first-order chi connectivity index (χ1) is 56.4. The van der Waals surface area contributed by atoms with Gasteiger partial charge in [0.15, 0.2) is 26.5 Å². The third-order valence-electron chi connectivity index (χ3n) is 22.2. The van der Waals surface area contributed by atoms with Gasteiger partial charge >= 0.3 is 0 Å². The van der Waals surface area contributed by atoms with E-state index in [1.54, 1.807) is 39.5 Å². The minimum absolute atomic E-state index is 0.0280. The van der Waals surface area contributed by atoms with E-state index in [2.05, 4.69) is 17.3 Å². The molecule has 3 amide bonds. The highest BCUT2D eigenvalue weighted by Crippen LogP contribution is 2.48. The number of nitrogens with zero attached hydrogens (tertiary/aromatic N) is 1. The maximum absolute atomic E-state index is 14.2. The molecule has 0 aromatic carbocycles. The van der Waals surface area contributed by atoms with Crippen LogP contribution >= 0.6 is 7.60 Å². The number of ketones is 5. The third-order valence-corrected chi connectivity index (χ3v) is 23.5. The number of carbonyl (C=O) groups excluding carboxylic acids is 8. The average Bonchev–Trinajstić information content (AvgIpc) is 1.14. The molecule has 0 aromatic heterocycles. The van der Waals surface area contributed by atoms with Crippen LogP contribution in [-0.2, 0) is 94.6 Å². The van der Waals surface area contributed by atoms with E-state index in [9.17, 15) is 94.0 Å². The van der Waals surface area contributed by atoms with E-state index in [1.807, 2.05) is 0 Å². The number of hydrogen-bond acceptors (Lipinski definition) is 30. The van der Waals surface area contributed by atoms with Crippen LogP contribution in [0.3, 0.4) is 0 Å². The smallest absolute Gasteiger partial charge is 0.222 e. The Bertz CT molecular complexity index is 2650. The Morgan fingerprint density at radius 1 is 0.432 bits per heavy atom. The second-order valence-electron chi connectivity index (χ2n) is 33.1. The van der Waals surface area contributed by atoms with Gasteiger partial charge in [-0.15, -0.1) is 0 Å². The van der Waals surface area contributed by atoms with Gasteiger partial charge < -0.3 is 118 Å². The van der Waals surface area contributed by atoms with E-state index >= 15 is 0 Å². The number of aliphatic hydroxyl groups is 10. The van der Waals surface area contributed by atoms with Crippen molar-refractivity contribution in [3.8, 4) is 0 Å². The Kier molecular flexibility index (Phi) is 54.8. The number of amides is 3. The molecule has 0 aliphatic carbocycles. The van der Waals surface area contributed by atoms with Gasteiger partial charge in [0.1, 0.15) is 65.5 Å². The number of ether oxygens (including phenoxy) is 9. The summed E-state index contributed by atoms with van der Waals surface area (Å²) in [7, 11) is -3.58. The van der Waals surface area contributed by atoms with Crippen LogP contribution in [0.15, 0.2) is 0 Å². The Labute approximate surface area is 699 Å². The molecular formula is C84H149N3O30P-. The van der Waals surface area contributed by atoms with Crippen molar-refractivity contribution in [2.45, 2.75) is 351 Å². The molecule has 4 heterocycles. The number of unbranched alkanes of at least 4 members (excludes halogenated alkanes) is 14. The van der Waals surface area contributed by atoms with E-state index in [0.717, 1.165) is 38.5 Å². The van der Waals surface area contributed by atoms with E-state index < -0.39 is 137 Å². The van der Waals surface area contributed by atoms with Crippen molar-refractivity contribution >= 4 is 54.2 Å². The second kappa shape index (κ2) is 60.7. The fourth-order valence-electron chi connectivity index (χ4n) is 14.8. The maximum atomic E-state index is 14.2. The first-order valence-electron chi connectivity index (χ1n) is 43.8. The number of likely N-dealkylation sites (tertiary alicyclic amines) is 1. The molecule has 118 heavy (non-hydrogen) atoms. The van der Waals surface area contributed by atoms with E-state index in [4.69, 9.17) is 51.7 Å². The molecule has 4 saturated heterocycles. The van der Waals surface area contributed by atoms with Crippen LogP contribution < -0.4 is 10.6 Å². The van der Waals surface area contributed by atoms with Crippen LogP contribution in [-0.4, -0.2) is 300 Å². The van der Waals surface area contributed by atoms with Crippen LogP contribution in [0.5, 0.6) is 0 Å². The fourth-order valence-corrected chi connectivity index (χ4v) is 15.9. The molecule has 4 aliphatic heterocycles. The lowest BCUT2D eigenvalue weighted by atomic mass is 9.83. The summed E-state index contributed by atoms with van der Waals surface area (Å²) in [6, 6.07) is -0.436. The van der Waals surface area contributed by atoms with Gasteiger partial charge in [-0.25, -0.2) is 6.66 Å². The average molecular weight is 1710 g/mol. The lowest BCUT2D eigenvalue weighted by molar-refractivity contribution is -0.282. The molecule has 0 bridgehead atoms. The molecule has 33 nitrogen and oxygen atoms in total. The standard InChI is InChI=1S/C84H149N3O30P/c1-58(2)117-118(6,106)113-54-62-48-68(96)50-87(62)74(99)36-20-12-10-8-7-9-11-15-34-67(95)49-84(55-107-45-37-65(93)30-18-13-16-28-63(91)32-21-24-42-110-81-59(3)75(100)78(103)69(51-88)114-81,56-108-46-38-66(94)31-19-14-17-29-64(92)33-22-25-43-111-82-60(4)76(101)79(104)70(52-89)115-82)57-109-47-39-73(98)86-41-27-40-85-72(97)35-23-26-44-112-83-61(5)77(102)80(105)71(53-90)116-83/h58-62,68-71,75-83,88-90,96,100-105H,6-57H2,1-5H3,(H,85,97)(H,86,98)/q-1/t59?,60?,61?,62-,68+,69?,70?,71?,75?,76?,77?,78?,79?,80?,81?,82?,83?,84?,118?/m0/s1. The topological polar surface area (TPSA) is 485 Å². The Morgan fingerprint density at radius 3 is 1.15 bits per heavy atom. The summed E-state index contributed by atoms with van der Waals surface area (Å²) in [6.45, 7) is 11.9. The molecule has 0 saturated carbocycles. The largest absolute Gasteiger partial charge is 0.394 e. The molecule has 0 radical (unpaired) electrons. The highest BCUT2D eigenvalue weighted by atomic mass is 31.2. The van der Waals surface area contributed by atoms with Crippen LogP contribution in [0, 0.1) is 29.8 Å². The van der Waals surface area contributed by atoms with Crippen molar-refractivity contribution in [2.75, 3.05) is 106 Å². The number of β-amino-alcohol motifs (C(OH)–C–C–N with tert-alkyl or cyclic N) is 1. The highest BCUT2D eigenvalue weighted by molar-refractivity contribution is 7.55. The maximum Gasteiger partial charge on any atom is 0.222 e. The predicted octanol–water partition coefficient (Wildman–Crippen LogP) is 6.03. The lowest BCUT2D eigenvalue weighted by Gasteiger charge is -2.40. The monoisotopic (exact) mass is 1710 g/mol. The van der Waals surface area contributed by atoms with Crippen LogP contribution in [0.1, 0.15) is 259 Å². The van der Waals surface area contributed by atoms with Crippen molar-refractivity contribution in [2.24, 2.45) is 23.2 Å². The van der Waals surface area contributed by atoms with Crippen molar-refractivity contribution in [3.05, 3.63) is 6.66 Å². The zero-order valence-electron chi connectivity index (χ0n) is 71.2. The number of Topliss-reactive ketones (excluding diaryl/α,β-unsaturated/α-hetero) is 5. The Balaban J connectivity index is 1.29. The summed E-state index contributed by atoms with van der Waals surface area (Å²) >= 11 is 0. The number of hydrogen-bond donors (Lipinski definition) is 12. The minimum atomic E-state index is -3.58. The molecule has 0 aromatic rings. The van der Waals surface area contributed by atoms with Gasteiger partial charge in [0, 0.05) is 146 Å². The molecule has 4 fully saturated rings. The van der Waals surface area contributed by atoms with Gasteiger partial charge in [0.05, 0.1) is 103 Å². The molecule has 686 valence electrons. The molecular weight excluding hydrogens is 1560 g/mol. The van der Waals surface area contributed by atoms with E-state index in [0.29, 0.717) is 141 Å². The summed E-state index contributed by atoms with van der Waals surface area (Å²) < 4.78 is 76.3. The van der Waals surface area contributed by atoms with Gasteiger partial charge in [-0.05, 0) is 104 Å². The number of aliphatic hydroxyl groups excluding tert-OH is 10. The molecule has 4 rings (SSSR count). The van der Waals surface area contributed by atoms with Gasteiger partial charge in [-0.1, -0.05) is 72.1 Å². The van der Waals surface area contributed by atoms with Crippen molar-refractivity contribution in [1.82, 2.24) is 15.5 Å². The summed E-state index contributed by atoms with van der Waals surface area (Å²) in [6.07, 6.45) is 3.71. The SMILES string of the molecule is [CH2-]P(=O)(OC[C@@H]1C[C@@H](O)CN1C(=O)CCCCCCCCCCC(=O)CC(COCCC(=O)CCCCCC(=O)CCCCOC1OC(CO)C(O)C(O)C1C)(COCCC(=O)CCCCCC(=O)CCCCOC1OC(CO)C(O)C(O)C1C)COCCC(=O)NCCCNC(=O)CCCCOC1OC(CO)C(O)C(O)C1C)OC(C)C. The Hall–Kier alpha value is -3.85. The Morgan fingerprint density at radius 2 is 0.763 bits per heavy atom. The summed E-state index contributed by atoms with van der Waals surface area (Å²) in [4.78, 5) is 107. The van der Waals surface area contributed by atoms with Gasteiger partial charge in [-0.2, -0.15) is 0 Å². The molecule has 18 atom stereocenters. The molecule has 16 unspecified atom stereocenters. The fraction of sp³-hybridized carbons (Fsp3) is 0.893. The van der Waals surface area contributed by atoms with Gasteiger partial charge in [0.25, 0.3) is 0 Å². The van der Waals surface area contributed by atoms with Gasteiger partial charge in [0.2, 0.25) is 17.7 Å². The molecule has 34 heteroatoms. The zero-order valence-corrected chi connectivity index (χ0v) is 72.1. The predicted molar refractivity (Wildman–Crippen MR) is 433 cm³/mol. The van der Waals surface area contributed by atoms with E-state index in [1.165, 1.54) is 0 Å². The molecule has 12 N–H and O–H groups in total. The molecule has 0 spiro atoms. The summed E-state index contributed by atoms with van der Waals surface area (Å²) in [5.74, 6) is -2.12. The highest BCUT2D eigenvalue weighted by Gasteiger charge is 2.45. The summed E-state index contributed by atoms with van der Waals surface area (Å²) in [5.41, 5.74) is -1.10. The third kappa shape index (κ3) is 43.2. The number of rotatable bonds is 70. The van der Waals surface area contributed by atoms with E-state index in [-0.39, 0.29) is 183 Å². The van der Waals surface area contributed by atoms with Crippen molar-refractivity contribution in [3.63, 3.8) is 0 Å². The van der Waals surface area contributed by atoms with Crippen LogP contribution in [0.25, 0.3) is 0 Å². The minimum Gasteiger partial charge on any atom is -0.394 e. The number of carbonyl (C=O) groups is 8. The first-order valence-corrected chi connectivity index (χ1v) is 45.5. The van der Waals surface area contributed by atoms with Crippen molar-refractivity contribution in [1.29, 1.82) is 0 Å². The quantitative estimate of drug-likeness (QED) is 0.0188. The van der Waals surface area contributed by atoms with Crippen LogP contribution in [0.4, 0.5) is 0 Å². The normalized spacial score (nSPS) is 26.4. The van der Waals surface area contributed by atoms with Crippen LogP contribution in [0.2, 0.25) is 0 Å². The number of nitrogens with one attached hydrogen (secondary N) is 2. The zero-order chi connectivity index (χ0) is 86.8. The summed E-state index contributed by atoms with van der Waals surface area (Å²) in [5, 5.41) is 106. The second-order valence-corrected chi connectivity index (χ2v) is 34.8. The molecule has 4 aliphatic rings.